The highest BCUT2D eigenvalue weighted by Gasteiger charge is 2.25. The molecule has 0 radical (unpaired) electrons. The summed E-state index contributed by atoms with van der Waals surface area (Å²) in [6, 6.07) is 8.51. The molecule has 148 valence electrons. The fourth-order valence-electron chi connectivity index (χ4n) is 3.15. The van der Waals surface area contributed by atoms with E-state index < -0.39 is 4.92 Å². The first-order valence-electron chi connectivity index (χ1n) is 8.67. The van der Waals surface area contributed by atoms with Crippen LogP contribution in [0.1, 0.15) is 15.9 Å². The Morgan fingerprint density at radius 1 is 1.21 bits per heavy atom. The van der Waals surface area contributed by atoms with Gasteiger partial charge in [-0.25, -0.2) is 4.39 Å². The molecule has 0 saturated carbocycles. The molecular weight excluding hydrogens is 389 g/mol. The van der Waals surface area contributed by atoms with E-state index in [9.17, 15) is 19.3 Å². The smallest absolute Gasteiger partial charge is 0.311 e. The summed E-state index contributed by atoms with van der Waals surface area (Å²) in [4.78, 5) is 27.1. The Morgan fingerprint density at radius 2 is 1.93 bits per heavy atom. The summed E-state index contributed by atoms with van der Waals surface area (Å²) in [7, 11) is 1.34. The molecule has 1 aliphatic rings. The second-order valence-corrected chi connectivity index (χ2v) is 6.86. The molecule has 0 bridgehead atoms. The molecule has 1 heterocycles. The fourth-order valence-corrected chi connectivity index (χ4v) is 3.38. The van der Waals surface area contributed by atoms with Gasteiger partial charge in [0.1, 0.15) is 5.82 Å². The number of nitro groups is 1. The number of nitro benzene ring substituents is 1. The number of rotatable bonds is 5. The number of hydrogen-bond acceptors (Lipinski definition) is 5. The molecule has 0 aromatic heterocycles. The minimum Gasteiger partial charge on any atom is -0.490 e. The molecule has 1 amide bonds. The first-order chi connectivity index (χ1) is 13.4. The van der Waals surface area contributed by atoms with Gasteiger partial charge in [-0.05, 0) is 29.8 Å². The van der Waals surface area contributed by atoms with Gasteiger partial charge in [-0.3, -0.25) is 19.8 Å². The van der Waals surface area contributed by atoms with E-state index in [4.69, 9.17) is 16.3 Å². The van der Waals surface area contributed by atoms with Crippen LogP contribution in [0.4, 0.5) is 10.1 Å². The number of halogens is 2. The van der Waals surface area contributed by atoms with Crippen LogP contribution < -0.4 is 4.74 Å². The topological polar surface area (TPSA) is 75.9 Å². The second-order valence-electron chi connectivity index (χ2n) is 6.45. The third kappa shape index (κ3) is 4.40. The van der Waals surface area contributed by atoms with Gasteiger partial charge >= 0.3 is 5.69 Å². The highest BCUT2D eigenvalue weighted by molar-refractivity contribution is 6.31. The number of benzene rings is 2. The lowest BCUT2D eigenvalue weighted by Gasteiger charge is -2.35. The predicted octanol–water partition coefficient (Wildman–Crippen LogP) is 3.35. The molecular formula is C19H19ClFN3O4. The Hall–Kier alpha value is -2.71. The standard InChI is InChI=1S/C19H19ClFN3O4/c1-28-18-5-3-13(10-17(18)24(26)27)19(25)23-8-6-22(7-9-23)12-14-2-4-15(21)11-16(14)20/h2-5,10-11H,6-9,12H2,1H3. The summed E-state index contributed by atoms with van der Waals surface area (Å²) in [5.41, 5.74) is 0.842. The van der Waals surface area contributed by atoms with Crippen molar-refractivity contribution < 1.29 is 18.8 Å². The van der Waals surface area contributed by atoms with Gasteiger partial charge < -0.3 is 9.64 Å². The number of carbonyl (C=O) groups excluding carboxylic acids is 1. The molecule has 2 aromatic rings. The van der Waals surface area contributed by atoms with Crippen LogP contribution >= 0.6 is 11.6 Å². The Labute approximate surface area is 166 Å². The normalized spacial score (nSPS) is 14.8. The van der Waals surface area contributed by atoms with Crippen LogP contribution in [-0.2, 0) is 6.54 Å². The zero-order valence-corrected chi connectivity index (χ0v) is 16.0. The van der Waals surface area contributed by atoms with Crippen LogP contribution in [0, 0.1) is 15.9 Å². The number of methoxy groups -OCH3 is 1. The lowest BCUT2D eigenvalue weighted by molar-refractivity contribution is -0.385. The lowest BCUT2D eigenvalue weighted by atomic mass is 10.1. The zero-order chi connectivity index (χ0) is 20.3. The van der Waals surface area contributed by atoms with E-state index in [2.05, 4.69) is 4.90 Å². The van der Waals surface area contributed by atoms with Gasteiger partial charge in [0.2, 0.25) is 0 Å². The average Bonchev–Trinajstić information content (AvgIpc) is 2.69. The van der Waals surface area contributed by atoms with Crippen molar-refractivity contribution in [3.05, 3.63) is 68.5 Å². The summed E-state index contributed by atoms with van der Waals surface area (Å²) in [5, 5.41) is 11.5. The quantitative estimate of drug-likeness (QED) is 0.561. The van der Waals surface area contributed by atoms with Crippen molar-refractivity contribution in [3.8, 4) is 5.75 Å². The maximum atomic E-state index is 13.2. The minimum atomic E-state index is -0.569. The third-order valence-corrected chi connectivity index (χ3v) is 5.04. The van der Waals surface area contributed by atoms with Gasteiger partial charge in [-0.2, -0.15) is 0 Å². The molecule has 9 heteroatoms. The first-order valence-corrected chi connectivity index (χ1v) is 9.05. The molecule has 0 unspecified atom stereocenters. The molecule has 3 rings (SSSR count). The van der Waals surface area contributed by atoms with Gasteiger partial charge in [0.25, 0.3) is 5.91 Å². The fraction of sp³-hybridized carbons (Fsp3) is 0.316. The van der Waals surface area contributed by atoms with Crippen LogP contribution in [-0.4, -0.2) is 53.9 Å². The summed E-state index contributed by atoms with van der Waals surface area (Å²) < 4.78 is 18.1. The number of hydrogen-bond donors (Lipinski definition) is 0. The predicted molar refractivity (Wildman–Crippen MR) is 102 cm³/mol. The Morgan fingerprint density at radius 3 is 2.54 bits per heavy atom. The lowest BCUT2D eigenvalue weighted by Crippen LogP contribution is -2.48. The van der Waals surface area contributed by atoms with E-state index in [1.165, 1.54) is 37.4 Å². The SMILES string of the molecule is COc1ccc(C(=O)N2CCN(Cc3ccc(F)cc3Cl)CC2)cc1[N+](=O)[O-]. The largest absolute Gasteiger partial charge is 0.490 e. The van der Waals surface area contributed by atoms with E-state index in [-0.39, 0.29) is 28.7 Å². The van der Waals surface area contributed by atoms with Crippen molar-refractivity contribution in [2.45, 2.75) is 6.54 Å². The van der Waals surface area contributed by atoms with Gasteiger partial charge in [0.05, 0.1) is 12.0 Å². The van der Waals surface area contributed by atoms with Gasteiger partial charge in [-0.15, -0.1) is 0 Å². The van der Waals surface area contributed by atoms with Crippen molar-refractivity contribution in [1.82, 2.24) is 9.80 Å². The number of piperazine rings is 1. The maximum absolute atomic E-state index is 13.2. The van der Waals surface area contributed by atoms with Gasteiger partial charge in [0, 0.05) is 49.4 Å². The number of carbonyl (C=O) groups is 1. The Balaban J connectivity index is 1.64. The molecule has 1 saturated heterocycles. The maximum Gasteiger partial charge on any atom is 0.311 e. The molecule has 0 N–H and O–H groups in total. The summed E-state index contributed by atoms with van der Waals surface area (Å²) in [6.45, 7) is 2.78. The monoisotopic (exact) mass is 407 g/mol. The molecule has 1 fully saturated rings. The van der Waals surface area contributed by atoms with Crippen molar-refractivity contribution in [2.24, 2.45) is 0 Å². The number of nitrogens with zero attached hydrogens (tertiary/aromatic N) is 3. The van der Waals surface area contributed by atoms with E-state index in [0.717, 1.165) is 5.56 Å². The van der Waals surface area contributed by atoms with Gasteiger partial charge in [-0.1, -0.05) is 17.7 Å². The van der Waals surface area contributed by atoms with E-state index in [0.29, 0.717) is 37.7 Å². The van der Waals surface area contributed by atoms with Crippen molar-refractivity contribution in [3.63, 3.8) is 0 Å². The zero-order valence-electron chi connectivity index (χ0n) is 15.2. The molecule has 1 aliphatic heterocycles. The molecule has 0 atom stereocenters. The first kappa shape index (κ1) is 20.0. The van der Waals surface area contributed by atoms with Crippen molar-refractivity contribution in [1.29, 1.82) is 0 Å². The van der Waals surface area contributed by atoms with Crippen LogP contribution in [0.2, 0.25) is 5.02 Å². The average molecular weight is 408 g/mol. The molecule has 7 nitrogen and oxygen atoms in total. The summed E-state index contributed by atoms with van der Waals surface area (Å²) >= 11 is 6.08. The van der Waals surface area contributed by atoms with Crippen LogP contribution in [0.3, 0.4) is 0 Å². The van der Waals surface area contributed by atoms with Crippen LogP contribution in [0.15, 0.2) is 36.4 Å². The number of amides is 1. The van der Waals surface area contributed by atoms with Gasteiger partial charge in [0.15, 0.2) is 5.75 Å². The van der Waals surface area contributed by atoms with Crippen molar-refractivity contribution >= 4 is 23.2 Å². The Kier molecular flexibility index (Phi) is 6.11. The van der Waals surface area contributed by atoms with E-state index in [1.54, 1.807) is 11.0 Å². The minimum absolute atomic E-state index is 0.113. The third-order valence-electron chi connectivity index (χ3n) is 4.69. The van der Waals surface area contributed by atoms with Crippen molar-refractivity contribution in [2.75, 3.05) is 33.3 Å². The van der Waals surface area contributed by atoms with E-state index >= 15 is 0 Å². The summed E-state index contributed by atoms with van der Waals surface area (Å²) in [6.07, 6.45) is 0. The molecule has 0 spiro atoms. The summed E-state index contributed by atoms with van der Waals surface area (Å²) in [5.74, 6) is -0.523. The molecule has 28 heavy (non-hydrogen) atoms. The van der Waals surface area contributed by atoms with Crippen LogP contribution in [0.25, 0.3) is 0 Å². The Bertz CT molecular complexity index is 901. The molecule has 0 aliphatic carbocycles. The highest BCUT2D eigenvalue weighted by atomic mass is 35.5. The number of ether oxygens (including phenoxy) is 1. The van der Waals surface area contributed by atoms with E-state index in [1.807, 2.05) is 0 Å². The second kappa shape index (κ2) is 8.53. The molecule has 2 aromatic carbocycles. The van der Waals surface area contributed by atoms with Crippen LogP contribution in [0.5, 0.6) is 5.75 Å². The highest BCUT2D eigenvalue weighted by Crippen LogP contribution is 2.28.